The fraction of sp³-hybridized carbons (Fsp3) is 0.444. The van der Waals surface area contributed by atoms with Gasteiger partial charge in [-0.3, -0.25) is 4.98 Å². The molecule has 0 aromatic carbocycles. The molecule has 0 spiro atoms. The third-order valence-electron chi connectivity index (χ3n) is 1.98. The van der Waals surface area contributed by atoms with Gasteiger partial charge in [-0.15, -0.1) is 13.2 Å². The summed E-state index contributed by atoms with van der Waals surface area (Å²) in [6.45, 7) is -1.11. The molecule has 1 rings (SSSR count). The van der Waals surface area contributed by atoms with E-state index in [2.05, 4.69) is 25.7 Å². The molecule has 10 heteroatoms. The van der Waals surface area contributed by atoms with Gasteiger partial charge < -0.3 is 9.84 Å². The maximum Gasteiger partial charge on any atom is 0.573 e. The van der Waals surface area contributed by atoms with Crippen LogP contribution in [0.1, 0.15) is 16.8 Å². The molecule has 0 fully saturated rings. The van der Waals surface area contributed by atoms with E-state index in [1.54, 1.807) is 0 Å². The molecule has 1 heterocycles. The highest BCUT2D eigenvalue weighted by atomic mass is 79.9. The lowest BCUT2D eigenvalue weighted by molar-refractivity contribution is -0.276. The van der Waals surface area contributed by atoms with Crippen LogP contribution in [0.3, 0.4) is 0 Å². The first-order valence-corrected chi connectivity index (χ1v) is 5.72. The third kappa shape index (κ3) is 3.96. The van der Waals surface area contributed by atoms with Crippen LogP contribution in [0.5, 0.6) is 5.75 Å². The second-order valence-electron chi connectivity index (χ2n) is 3.27. The maximum absolute atomic E-state index is 12.8. The van der Waals surface area contributed by atoms with Crippen molar-refractivity contribution >= 4 is 15.9 Å². The summed E-state index contributed by atoms with van der Waals surface area (Å²) >= 11 is 2.72. The topological polar surface area (TPSA) is 42.4 Å². The zero-order chi connectivity index (χ0) is 14.8. The van der Waals surface area contributed by atoms with Crippen LogP contribution in [0.4, 0.5) is 26.3 Å². The van der Waals surface area contributed by atoms with Crippen molar-refractivity contribution in [3.63, 3.8) is 0 Å². The molecule has 0 aliphatic heterocycles. The first kappa shape index (κ1) is 16.0. The van der Waals surface area contributed by atoms with Crippen LogP contribution >= 0.6 is 15.9 Å². The van der Waals surface area contributed by atoms with E-state index in [4.69, 9.17) is 5.11 Å². The standard InChI is InChI=1S/C9H6BrF6NO2/c10-1-4-2-17-5(3-18)7(19-9(14,15)16)6(4)8(11,12)13/h2,18H,1,3H2. The van der Waals surface area contributed by atoms with Crippen LogP contribution in [-0.2, 0) is 18.1 Å². The number of ether oxygens (including phenoxy) is 1. The fourth-order valence-electron chi connectivity index (χ4n) is 1.32. The minimum absolute atomic E-state index is 0.366. The largest absolute Gasteiger partial charge is 0.573 e. The summed E-state index contributed by atoms with van der Waals surface area (Å²) in [5, 5.41) is 8.41. The Hall–Kier alpha value is -1.03. The molecule has 19 heavy (non-hydrogen) atoms. The predicted molar refractivity (Wildman–Crippen MR) is 54.5 cm³/mol. The molecule has 3 nitrogen and oxygen atoms in total. The van der Waals surface area contributed by atoms with Gasteiger partial charge in [0.25, 0.3) is 0 Å². The van der Waals surface area contributed by atoms with Gasteiger partial charge in [-0.05, 0) is 5.56 Å². The fourth-order valence-corrected chi connectivity index (χ4v) is 1.74. The van der Waals surface area contributed by atoms with Gasteiger partial charge in [0, 0.05) is 11.5 Å². The average molecular weight is 354 g/mol. The quantitative estimate of drug-likeness (QED) is 0.669. The summed E-state index contributed by atoms with van der Waals surface area (Å²) in [4.78, 5) is 3.32. The number of aliphatic hydroxyl groups excluding tert-OH is 1. The number of hydrogen-bond acceptors (Lipinski definition) is 3. The number of hydrogen-bond donors (Lipinski definition) is 1. The van der Waals surface area contributed by atoms with E-state index in [0.29, 0.717) is 0 Å². The van der Waals surface area contributed by atoms with Crippen molar-refractivity contribution in [3.8, 4) is 5.75 Å². The minimum atomic E-state index is -5.32. The Morgan fingerprint density at radius 2 is 1.79 bits per heavy atom. The number of rotatable bonds is 3. The average Bonchev–Trinajstić information content (AvgIpc) is 2.24. The Labute approximate surface area is 111 Å². The molecule has 0 saturated heterocycles. The molecule has 0 saturated carbocycles. The lowest BCUT2D eigenvalue weighted by Crippen LogP contribution is -2.23. The smallest absolute Gasteiger partial charge is 0.403 e. The molecule has 108 valence electrons. The van der Waals surface area contributed by atoms with Gasteiger partial charge >= 0.3 is 12.5 Å². The Balaban J connectivity index is 3.53. The van der Waals surface area contributed by atoms with Crippen LogP contribution < -0.4 is 4.74 Å². The Bertz CT molecular complexity index is 459. The van der Waals surface area contributed by atoms with E-state index in [1.807, 2.05) is 0 Å². The SMILES string of the molecule is OCc1ncc(CBr)c(C(F)(F)F)c1OC(F)(F)F. The molecule has 0 aliphatic rings. The van der Waals surface area contributed by atoms with Crippen LogP contribution in [-0.4, -0.2) is 16.5 Å². The van der Waals surface area contributed by atoms with Crippen LogP contribution in [0.2, 0.25) is 0 Å². The highest BCUT2D eigenvalue weighted by molar-refractivity contribution is 9.08. The molecule has 0 amide bonds. The number of halogens is 7. The number of alkyl halides is 7. The second kappa shape index (κ2) is 5.53. The summed E-state index contributed by atoms with van der Waals surface area (Å²) in [6.07, 6.45) is -9.67. The van der Waals surface area contributed by atoms with Crippen molar-refractivity contribution < 1.29 is 36.2 Å². The third-order valence-corrected chi connectivity index (χ3v) is 2.59. The highest BCUT2D eigenvalue weighted by Crippen LogP contribution is 2.42. The number of aliphatic hydroxyl groups is 1. The molecule has 0 unspecified atom stereocenters. The Kier molecular flexibility index (Phi) is 4.67. The van der Waals surface area contributed by atoms with E-state index in [1.165, 1.54) is 0 Å². The van der Waals surface area contributed by atoms with E-state index in [-0.39, 0.29) is 5.33 Å². The van der Waals surface area contributed by atoms with Crippen molar-refractivity contribution in [1.82, 2.24) is 4.98 Å². The van der Waals surface area contributed by atoms with Crippen molar-refractivity contribution in [2.75, 3.05) is 0 Å². The van der Waals surface area contributed by atoms with Crippen molar-refractivity contribution in [2.24, 2.45) is 0 Å². The first-order chi connectivity index (χ1) is 8.60. The summed E-state index contributed by atoms with van der Waals surface area (Å²) in [5.41, 5.74) is -2.97. The zero-order valence-corrected chi connectivity index (χ0v) is 10.5. The van der Waals surface area contributed by atoms with Crippen molar-refractivity contribution in [2.45, 2.75) is 24.5 Å². The van der Waals surface area contributed by atoms with Gasteiger partial charge in [0.05, 0.1) is 6.61 Å². The van der Waals surface area contributed by atoms with E-state index in [9.17, 15) is 26.3 Å². The van der Waals surface area contributed by atoms with Gasteiger partial charge in [-0.2, -0.15) is 13.2 Å². The van der Waals surface area contributed by atoms with Gasteiger partial charge in [-0.1, -0.05) is 15.9 Å². The Morgan fingerprint density at radius 1 is 1.21 bits per heavy atom. The summed E-state index contributed by atoms with van der Waals surface area (Å²) in [7, 11) is 0. The molecular formula is C9H6BrF6NO2. The van der Waals surface area contributed by atoms with Gasteiger partial charge in [0.1, 0.15) is 11.3 Å². The predicted octanol–water partition coefficient (Wildman–Crippen LogP) is 3.39. The normalized spacial score (nSPS) is 12.6. The molecule has 1 aromatic rings. The molecule has 1 aromatic heterocycles. The number of nitrogens with zero attached hydrogens (tertiary/aromatic N) is 1. The van der Waals surface area contributed by atoms with Crippen LogP contribution in [0.25, 0.3) is 0 Å². The summed E-state index contributed by atoms with van der Waals surface area (Å²) < 4.78 is 78.2. The lowest BCUT2D eigenvalue weighted by Gasteiger charge is -2.19. The summed E-state index contributed by atoms with van der Waals surface area (Å²) in [5.74, 6) is -1.53. The van der Waals surface area contributed by atoms with Crippen molar-refractivity contribution in [3.05, 3.63) is 23.0 Å². The van der Waals surface area contributed by atoms with Crippen molar-refractivity contribution in [1.29, 1.82) is 0 Å². The summed E-state index contributed by atoms with van der Waals surface area (Å²) in [6, 6.07) is 0. The first-order valence-electron chi connectivity index (χ1n) is 4.60. The van der Waals surface area contributed by atoms with Gasteiger partial charge in [-0.25, -0.2) is 0 Å². The van der Waals surface area contributed by atoms with Crippen LogP contribution in [0, 0.1) is 0 Å². The van der Waals surface area contributed by atoms with Crippen LogP contribution in [0.15, 0.2) is 6.20 Å². The van der Waals surface area contributed by atoms with Gasteiger partial charge in [0.2, 0.25) is 0 Å². The maximum atomic E-state index is 12.8. The monoisotopic (exact) mass is 353 g/mol. The Morgan fingerprint density at radius 3 is 2.16 bits per heavy atom. The molecule has 0 atom stereocenters. The molecule has 0 radical (unpaired) electrons. The minimum Gasteiger partial charge on any atom is -0.403 e. The lowest BCUT2D eigenvalue weighted by atomic mass is 10.1. The molecule has 0 bridgehead atoms. The number of pyridine rings is 1. The highest BCUT2D eigenvalue weighted by Gasteiger charge is 2.42. The molecule has 0 aliphatic carbocycles. The molecule has 1 N–H and O–H groups in total. The number of aromatic nitrogens is 1. The zero-order valence-electron chi connectivity index (χ0n) is 8.94. The second-order valence-corrected chi connectivity index (χ2v) is 3.83. The van der Waals surface area contributed by atoms with E-state index in [0.717, 1.165) is 6.20 Å². The van der Waals surface area contributed by atoms with E-state index >= 15 is 0 Å². The van der Waals surface area contributed by atoms with E-state index < -0.39 is 41.7 Å². The molecular weight excluding hydrogens is 348 g/mol. The van der Waals surface area contributed by atoms with Gasteiger partial charge in [0.15, 0.2) is 5.75 Å².